The van der Waals surface area contributed by atoms with E-state index in [0.717, 1.165) is 36.3 Å². The molecular weight excluding hydrogens is 338 g/mol. The van der Waals surface area contributed by atoms with Crippen LogP contribution in [0.4, 0.5) is 0 Å². The second-order valence-corrected chi connectivity index (χ2v) is 7.12. The predicted octanol–water partition coefficient (Wildman–Crippen LogP) is 3.34. The maximum Gasteiger partial charge on any atom is 0.220 e. The molecule has 0 fully saturated rings. The van der Waals surface area contributed by atoms with Crippen molar-refractivity contribution in [2.75, 3.05) is 0 Å². The monoisotopic (exact) mass is 359 g/mol. The van der Waals surface area contributed by atoms with Crippen LogP contribution in [-0.4, -0.2) is 25.5 Å². The van der Waals surface area contributed by atoms with Crippen molar-refractivity contribution in [2.24, 2.45) is 0 Å². The van der Waals surface area contributed by atoms with Crippen LogP contribution in [0, 0.1) is 0 Å². The first-order valence-corrected chi connectivity index (χ1v) is 9.47. The van der Waals surface area contributed by atoms with Gasteiger partial charge in [-0.1, -0.05) is 24.3 Å². The lowest BCUT2D eigenvalue weighted by Crippen LogP contribution is -2.31. The molecule has 1 atom stereocenters. The summed E-state index contributed by atoms with van der Waals surface area (Å²) in [5.41, 5.74) is 4.48. The summed E-state index contributed by atoms with van der Waals surface area (Å²) in [5, 5.41) is 12.8. The van der Waals surface area contributed by atoms with Crippen LogP contribution in [0.2, 0.25) is 0 Å². The number of para-hydroxylation sites is 1. The lowest BCUT2D eigenvalue weighted by atomic mass is 9.91. The minimum Gasteiger partial charge on any atom is -0.356 e. The summed E-state index contributed by atoms with van der Waals surface area (Å²) in [6, 6.07) is 14.2. The van der Waals surface area contributed by atoms with Crippen molar-refractivity contribution in [3.8, 4) is 0 Å². The van der Waals surface area contributed by atoms with E-state index in [9.17, 15) is 4.79 Å². The fourth-order valence-corrected chi connectivity index (χ4v) is 4.11. The number of aromatic nitrogens is 4. The number of benzene rings is 1. The first kappa shape index (κ1) is 16.1. The van der Waals surface area contributed by atoms with E-state index in [1.165, 1.54) is 16.6 Å². The molecule has 0 spiro atoms. The molecule has 6 nitrogen and oxygen atoms in total. The number of carbonyl (C=O) groups is 1. The zero-order chi connectivity index (χ0) is 18.2. The molecule has 1 amide bonds. The Morgan fingerprint density at radius 2 is 2.07 bits per heavy atom. The van der Waals surface area contributed by atoms with Gasteiger partial charge in [0.05, 0.1) is 6.04 Å². The van der Waals surface area contributed by atoms with Crippen LogP contribution in [-0.2, 0) is 17.6 Å². The summed E-state index contributed by atoms with van der Waals surface area (Å²) >= 11 is 0. The Morgan fingerprint density at radius 3 is 3.04 bits per heavy atom. The molecule has 0 unspecified atom stereocenters. The molecule has 4 aromatic rings. The molecule has 3 aromatic heterocycles. The van der Waals surface area contributed by atoms with Crippen molar-refractivity contribution in [2.45, 2.75) is 38.1 Å². The van der Waals surface area contributed by atoms with Crippen molar-refractivity contribution >= 4 is 22.5 Å². The van der Waals surface area contributed by atoms with Crippen LogP contribution in [0.25, 0.3) is 16.6 Å². The van der Waals surface area contributed by atoms with E-state index in [-0.39, 0.29) is 11.9 Å². The third-order valence-corrected chi connectivity index (χ3v) is 5.41. The van der Waals surface area contributed by atoms with Crippen molar-refractivity contribution in [1.29, 1.82) is 0 Å². The molecule has 3 heterocycles. The average molecular weight is 359 g/mol. The number of H-pyrrole nitrogens is 1. The summed E-state index contributed by atoms with van der Waals surface area (Å²) in [5.74, 6) is 0.870. The van der Waals surface area contributed by atoms with Crippen LogP contribution in [0.3, 0.4) is 0 Å². The van der Waals surface area contributed by atoms with Crippen LogP contribution in [0.5, 0.6) is 0 Å². The number of pyridine rings is 1. The molecule has 0 saturated heterocycles. The standard InChI is InChI=1S/C21H21N5O/c27-20(12-11-19-25-24-18-10-3-4-13-26(18)19)22-17-9-5-7-15-14-6-1-2-8-16(14)23-21(15)17/h1-4,6,8,10,13,17,23H,5,7,9,11-12H2,(H,22,27)/t17-/m1/s1. The number of nitrogens with zero attached hydrogens (tertiary/aromatic N) is 3. The first-order chi connectivity index (χ1) is 13.3. The summed E-state index contributed by atoms with van der Waals surface area (Å²) in [6.07, 6.45) is 6.04. The van der Waals surface area contributed by atoms with Gasteiger partial charge in [0.1, 0.15) is 5.82 Å². The Labute approximate surface area is 156 Å². The summed E-state index contributed by atoms with van der Waals surface area (Å²) in [4.78, 5) is 16.1. The molecule has 5 rings (SSSR count). The summed E-state index contributed by atoms with van der Waals surface area (Å²) in [6.45, 7) is 0. The number of aromatic amines is 1. The van der Waals surface area contributed by atoms with Gasteiger partial charge in [0.25, 0.3) is 0 Å². The molecule has 0 saturated carbocycles. The number of amides is 1. The molecule has 6 heteroatoms. The lowest BCUT2D eigenvalue weighted by molar-refractivity contribution is -0.122. The summed E-state index contributed by atoms with van der Waals surface area (Å²) in [7, 11) is 0. The predicted molar refractivity (Wildman–Crippen MR) is 103 cm³/mol. The van der Waals surface area contributed by atoms with Crippen molar-refractivity contribution in [1.82, 2.24) is 24.9 Å². The molecule has 136 valence electrons. The second-order valence-electron chi connectivity index (χ2n) is 7.12. The molecule has 1 aromatic carbocycles. The highest BCUT2D eigenvalue weighted by Crippen LogP contribution is 2.34. The van der Waals surface area contributed by atoms with Crippen LogP contribution >= 0.6 is 0 Å². The lowest BCUT2D eigenvalue weighted by Gasteiger charge is -2.23. The number of hydrogen-bond donors (Lipinski definition) is 2. The van der Waals surface area contributed by atoms with Gasteiger partial charge in [0.2, 0.25) is 5.91 Å². The van der Waals surface area contributed by atoms with Gasteiger partial charge in [-0.2, -0.15) is 0 Å². The topological polar surface area (TPSA) is 75.1 Å². The quantitative estimate of drug-likeness (QED) is 0.587. The maximum atomic E-state index is 12.6. The van der Waals surface area contributed by atoms with Crippen molar-refractivity contribution in [3.05, 3.63) is 65.7 Å². The highest BCUT2D eigenvalue weighted by atomic mass is 16.1. The van der Waals surface area contributed by atoms with Gasteiger partial charge in [0, 0.05) is 35.6 Å². The Balaban J connectivity index is 1.30. The van der Waals surface area contributed by atoms with Crippen LogP contribution in [0.1, 0.15) is 42.4 Å². The highest BCUT2D eigenvalue weighted by molar-refractivity contribution is 5.85. The molecule has 1 aliphatic carbocycles. The molecule has 0 radical (unpaired) electrons. The van der Waals surface area contributed by atoms with Gasteiger partial charge in [0.15, 0.2) is 5.65 Å². The zero-order valence-corrected chi connectivity index (χ0v) is 15.0. The van der Waals surface area contributed by atoms with Crippen LogP contribution < -0.4 is 5.32 Å². The van der Waals surface area contributed by atoms with E-state index < -0.39 is 0 Å². The molecule has 2 N–H and O–H groups in total. The third-order valence-electron chi connectivity index (χ3n) is 5.41. The minimum absolute atomic E-state index is 0.0548. The molecule has 0 aliphatic heterocycles. The van der Waals surface area contributed by atoms with Crippen molar-refractivity contribution in [3.63, 3.8) is 0 Å². The van der Waals surface area contributed by atoms with Gasteiger partial charge in [-0.15, -0.1) is 10.2 Å². The van der Waals surface area contributed by atoms with E-state index in [1.54, 1.807) is 0 Å². The maximum absolute atomic E-state index is 12.6. The first-order valence-electron chi connectivity index (χ1n) is 9.47. The van der Waals surface area contributed by atoms with E-state index in [1.807, 2.05) is 34.9 Å². The van der Waals surface area contributed by atoms with E-state index in [2.05, 4.69) is 38.7 Å². The molecular formula is C21H21N5O. The molecule has 1 aliphatic rings. The Morgan fingerprint density at radius 1 is 1.19 bits per heavy atom. The second kappa shape index (κ2) is 6.54. The fraction of sp³-hybridized carbons (Fsp3) is 0.286. The normalized spacial score (nSPS) is 16.5. The molecule has 27 heavy (non-hydrogen) atoms. The van der Waals surface area contributed by atoms with Gasteiger partial charge in [-0.3, -0.25) is 9.20 Å². The number of fused-ring (bicyclic) bond motifs is 4. The third kappa shape index (κ3) is 2.87. The number of hydrogen-bond acceptors (Lipinski definition) is 3. The van der Waals surface area contributed by atoms with Crippen molar-refractivity contribution < 1.29 is 4.79 Å². The molecule has 0 bridgehead atoms. The number of carbonyl (C=O) groups excluding carboxylic acids is 1. The van der Waals surface area contributed by atoms with E-state index in [4.69, 9.17) is 0 Å². The average Bonchev–Trinajstić information content (AvgIpc) is 3.28. The Hall–Kier alpha value is -3.15. The van der Waals surface area contributed by atoms with E-state index >= 15 is 0 Å². The SMILES string of the molecule is O=C(CCc1nnc2ccccn12)N[C@@H]1CCCc2c1[nH]c1ccccc21. The smallest absolute Gasteiger partial charge is 0.220 e. The number of nitrogens with one attached hydrogen (secondary N) is 2. The Bertz CT molecular complexity index is 1130. The minimum atomic E-state index is 0.0548. The zero-order valence-electron chi connectivity index (χ0n) is 15.0. The largest absolute Gasteiger partial charge is 0.356 e. The van der Waals surface area contributed by atoms with Gasteiger partial charge < -0.3 is 10.3 Å². The Kier molecular flexibility index (Phi) is 3.89. The van der Waals surface area contributed by atoms with Gasteiger partial charge >= 0.3 is 0 Å². The fourth-order valence-electron chi connectivity index (χ4n) is 4.11. The van der Waals surface area contributed by atoms with E-state index in [0.29, 0.717) is 12.8 Å². The number of rotatable bonds is 4. The highest BCUT2D eigenvalue weighted by Gasteiger charge is 2.25. The number of aryl methyl sites for hydroxylation is 2. The van der Waals surface area contributed by atoms with Gasteiger partial charge in [-0.25, -0.2) is 0 Å². The van der Waals surface area contributed by atoms with Crippen LogP contribution in [0.15, 0.2) is 48.7 Å². The van der Waals surface area contributed by atoms with Gasteiger partial charge in [-0.05, 0) is 43.0 Å². The summed E-state index contributed by atoms with van der Waals surface area (Å²) < 4.78 is 1.93.